The number of amides is 2. The molecule has 0 aliphatic heterocycles. The van der Waals surface area contributed by atoms with Crippen LogP contribution in [0.4, 0.5) is 5.69 Å². The quantitative estimate of drug-likeness (QED) is 0.455. The molecule has 0 spiro atoms. The number of carbonyl (C=O) groups is 2. The summed E-state index contributed by atoms with van der Waals surface area (Å²) in [4.78, 5) is 37.6. The molecular formula is C18H20ClN3O4S2. The maximum atomic E-state index is 12.6. The van der Waals surface area contributed by atoms with Crippen molar-refractivity contribution in [1.29, 1.82) is 0 Å². The molecule has 1 atom stereocenters. The third kappa shape index (κ3) is 6.22. The van der Waals surface area contributed by atoms with Crippen LogP contribution >= 0.6 is 34.7 Å². The summed E-state index contributed by atoms with van der Waals surface area (Å²) in [6.45, 7) is 2.37. The zero-order chi connectivity index (χ0) is 20.7. The number of thioether (sulfide) groups is 1. The number of aryl methyl sites for hydroxylation is 1. The molecule has 10 heteroatoms. The number of thiophene rings is 1. The molecule has 2 N–H and O–H groups in total. The van der Waals surface area contributed by atoms with E-state index in [1.54, 1.807) is 23.1 Å². The maximum absolute atomic E-state index is 12.6. The fourth-order valence-corrected chi connectivity index (χ4v) is 3.91. The summed E-state index contributed by atoms with van der Waals surface area (Å²) in [6, 6.07) is 6.98. The topological polar surface area (TPSA) is 101 Å². The predicted molar refractivity (Wildman–Crippen MR) is 113 cm³/mol. The molecule has 0 saturated heterocycles. The summed E-state index contributed by atoms with van der Waals surface area (Å²) >= 11 is 8.94. The van der Waals surface area contributed by atoms with Gasteiger partial charge in [0.05, 0.1) is 11.5 Å². The summed E-state index contributed by atoms with van der Waals surface area (Å²) < 4.78 is 0. The predicted octanol–water partition coefficient (Wildman–Crippen LogP) is 3.79. The Morgan fingerprint density at radius 2 is 2.07 bits per heavy atom. The normalized spacial score (nSPS) is 11.7. The van der Waals surface area contributed by atoms with E-state index in [2.05, 4.69) is 10.6 Å². The number of rotatable bonds is 9. The van der Waals surface area contributed by atoms with Gasteiger partial charge in [-0.3, -0.25) is 19.7 Å². The molecular weight excluding hydrogens is 422 g/mol. The van der Waals surface area contributed by atoms with Crippen molar-refractivity contribution < 1.29 is 14.5 Å². The number of benzene rings is 1. The lowest BCUT2D eigenvalue weighted by atomic mass is 10.1. The molecule has 0 aliphatic rings. The molecule has 1 aromatic heterocycles. The minimum absolute atomic E-state index is 0.0514. The van der Waals surface area contributed by atoms with Gasteiger partial charge < -0.3 is 10.6 Å². The molecule has 2 amide bonds. The molecule has 1 aromatic carbocycles. The van der Waals surface area contributed by atoms with E-state index in [9.17, 15) is 19.7 Å². The summed E-state index contributed by atoms with van der Waals surface area (Å²) in [5.74, 6) is -0.179. The van der Waals surface area contributed by atoms with Gasteiger partial charge in [-0.2, -0.15) is 11.8 Å². The van der Waals surface area contributed by atoms with Crippen molar-refractivity contribution in [1.82, 2.24) is 10.6 Å². The molecule has 0 bridgehead atoms. The van der Waals surface area contributed by atoms with Crippen LogP contribution in [0.25, 0.3) is 0 Å². The molecule has 0 saturated carbocycles. The monoisotopic (exact) mass is 441 g/mol. The molecule has 1 heterocycles. The van der Waals surface area contributed by atoms with Gasteiger partial charge in [0.25, 0.3) is 11.6 Å². The standard InChI is InChI=1S/C18H20ClN3O4S2/c1-11-3-5-13(28-11)10-20-18(24)15(7-8-27-2)21-17(23)12-4-6-14(19)16(9-12)22(25)26/h3-6,9,15H,7-8,10H2,1-2H3,(H,20,24)(H,21,23). The second-order valence-electron chi connectivity index (χ2n) is 5.96. The van der Waals surface area contributed by atoms with Crippen molar-refractivity contribution in [3.63, 3.8) is 0 Å². The molecule has 28 heavy (non-hydrogen) atoms. The van der Waals surface area contributed by atoms with Crippen molar-refractivity contribution in [3.8, 4) is 0 Å². The Bertz CT molecular complexity index is 872. The highest BCUT2D eigenvalue weighted by Crippen LogP contribution is 2.25. The second-order valence-corrected chi connectivity index (χ2v) is 8.73. The molecule has 0 fully saturated rings. The first kappa shape index (κ1) is 22.2. The maximum Gasteiger partial charge on any atom is 0.288 e. The largest absolute Gasteiger partial charge is 0.349 e. The van der Waals surface area contributed by atoms with Gasteiger partial charge in [0.1, 0.15) is 11.1 Å². The summed E-state index contributed by atoms with van der Waals surface area (Å²) in [5, 5.41) is 16.5. The van der Waals surface area contributed by atoms with Gasteiger partial charge in [0.15, 0.2) is 0 Å². The Hall–Kier alpha value is -2.10. The first-order chi connectivity index (χ1) is 13.3. The molecule has 2 rings (SSSR count). The number of nitro benzene ring substituents is 1. The summed E-state index contributed by atoms with van der Waals surface area (Å²) in [7, 11) is 0. The van der Waals surface area contributed by atoms with Crippen LogP contribution in [-0.4, -0.2) is 34.8 Å². The molecule has 0 radical (unpaired) electrons. The van der Waals surface area contributed by atoms with E-state index in [0.717, 1.165) is 15.8 Å². The second kappa shape index (κ2) is 10.4. The Labute approximate surface area is 176 Å². The van der Waals surface area contributed by atoms with Crippen LogP contribution < -0.4 is 10.6 Å². The first-order valence-corrected chi connectivity index (χ1v) is 11.0. The Morgan fingerprint density at radius 3 is 2.68 bits per heavy atom. The third-order valence-corrected chi connectivity index (χ3v) is 5.83. The van der Waals surface area contributed by atoms with E-state index in [-0.39, 0.29) is 22.2 Å². The van der Waals surface area contributed by atoms with Gasteiger partial charge in [-0.05, 0) is 49.6 Å². The first-order valence-electron chi connectivity index (χ1n) is 8.38. The van der Waals surface area contributed by atoms with Crippen molar-refractivity contribution in [2.75, 3.05) is 12.0 Å². The minimum Gasteiger partial charge on any atom is -0.349 e. The minimum atomic E-state index is -0.740. The van der Waals surface area contributed by atoms with E-state index >= 15 is 0 Å². The number of hydrogen-bond donors (Lipinski definition) is 2. The van der Waals surface area contributed by atoms with Crippen LogP contribution in [0.15, 0.2) is 30.3 Å². The van der Waals surface area contributed by atoms with Crippen LogP contribution in [0, 0.1) is 17.0 Å². The van der Waals surface area contributed by atoms with Crippen LogP contribution in [0.2, 0.25) is 5.02 Å². The Balaban J connectivity index is 2.07. The van der Waals surface area contributed by atoms with E-state index in [4.69, 9.17) is 11.6 Å². The Kier molecular flexibility index (Phi) is 8.28. The zero-order valence-electron chi connectivity index (χ0n) is 15.4. The lowest BCUT2D eigenvalue weighted by Crippen LogP contribution is -2.46. The van der Waals surface area contributed by atoms with E-state index in [1.165, 1.54) is 12.1 Å². The molecule has 150 valence electrons. The van der Waals surface area contributed by atoms with Crippen molar-refractivity contribution in [2.45, 2.75) is 25.9 Å². The van der Waals surface area contributed by atoms with Crippen molar-refractivity contribution >= 4 is 52.2 Å². The van der Waals surface area contributed by atoms with Gasteiger partial charge in [0, 0.05) is 21.4 Å². The van der Waals surface area contributed by atoms with Crippen molar-refractivity contribution in [3.05, 3.63) is 60.8 Å². The van der Waals surface area contributed by atoms with Crippen LogP contribution in [-0.2, 0) is 11.3 Å². The third-order valence-electron chi connectivity index (χ3n) is 3.87. The average molecular weight is 442 g/mol. The number of halogens is 1. The number of nitrogens with zero attached hydrogens (tertiary/aromatic N) is 1. The van der Waals surface area contributed by atoms with Crippen LogP contribution in [0.1, 0.15) is 26.5 Å². The van der Waals surface area contributed by atoms with E-state index in [0.29, 0.717) is 18.7 Å². The van der Waals surface area contributed by atoms with Crippen LogP contribution in [0.5, 0.6) is 0 Å². The van der Waals surface area contributed by atoms with Crippen LogP contribution in [0.3, 0.4) is 0 Å². The summed E-state index contributed by atoms with van der Waals surface area (Å²) in [5.41, 5.74) is -0.278. The molecule has 1 unspecified atom stereocenters. The fourth-order valence-electron chi connectivity index (χ4n) is 2.42. The number of hydrogen-bond acceptors (Lipinski definition) is 6. The molecule has 7 nitrogen and oxygen atoms in total. The van der Waals surface area contributed by atoms with E-state index < -0.39 is 16.9 Å². The lowest BCUT2D eigenvalue weighted by Gasteiger charge is -2.18. The highest BCUT2D eigenvalue weighted by Gasteiger charge is 2.23. The molecule has 2 aromatic rings. The lowest BCUT2D eigenvalue weighted by molar-refractivity contribution is -0.384. The van der Waals surface area contributed by atoms with Gasteiger partial charge in [-0.15, -0.1) is 11.3 Å². The SMILES string of the molecule is CSCCC(NC(=O)c1ccc(Cl)c([N+](=O)[O-])c1)C(=O)NCc1ccc(C)s1. The van der Waals surface area contributed by atoms with Gasteiger partial charge >= 0.3 is 0 Å². The number of carbonyl (C=O) groups excluding carboxylic acids is 2. The average Bonchev–Trinajstić information content (AvgIpc) is 3.08. The highest BCUT2D eigenvalue weighted by molar-refractivity contribution is 7.98. The van der Waals surface area contributed by atoms with Gasteiger partial charge in [0.2, 0.25) is 5.91 Å². The highest BCUT2D eigenvalue weighted by atomic mass is 35.5. The van der Waals surface area contributed by atoms with Crippen molar-refractivity contribution in [2.24, 2.45) is 0 Å². The van der Waals surface area contributed by atoms with Gasteiger partial charge in [-0.25, -0.2) is 0 Å². The van der Waals surface area contributed by atoms with Gasteiger partial charge in [-0.1, -0.05) is 11.6 Å². The number of nitrogens with one attached hydrogen (secondary N) is 2. The zero-order valence-corrected chi connectivity index (χ0v) is 17.7. The molecule has 0 aliphatic carbocycles. The number of nitro groups is 1. The fraction of sp³-hybridized carbons (Fsp3) is 0.333. The Morgan fingerprint density at radius 1 is 1.32 bits per heavy atom. The summed E-state index contributed by atoms with van der Waals surface area (Å²) in [6.07, 6.45) is 2.35. The smallest absolute Gasteiger partial charge is 0.288 e. The van der Waals surface area contributed by atoms with E-state index in [1.807, 2.05) is 25.3 Å².